The minimum absolute atomic E-state index is 0.0335. The Morgan fingerprint density at radius 3 is 2.43 bits per heavy atom. The molecule has 0 aliphatic carbocycles. The van der Waals surface area contributed by atoms with Gasteiger partial charge in [0.2, 0.25) is 5.91 Å². The average molecular weight is 493 g/mol. The first-order valence-corrected chi connectivity index (χ1v) is 11.7. The number of carbonyl (C=O) groups excluding carboxylic acids is 4. The number of fused-ring (bicyclic) bond motifs is 1. The van der Waals surface area contributed by atoms with Gasteiger partial charge >= 0.3 is 6.03 Å². The van der Waals surface area contributed by atoms with Crippen molar-refractivity contribution in [3.05, 3.63) is 101 Å². The van der Waals surface area contributed by atoms with Crippen LogP contribution in [0.2, 0.25) is 0 Å². The molecular weight excluding hydrogens is 468 g/mol. The van der Waals surface area contributed by atoms with Crippen molar-refractivity contribution in [1.82, 2.24) is 9.88 Å². The second-order valence-corrected chi connectivity index (χ2v) is 8.94. The van der Waals surface area contributed by atoms with Gasteiger partial charge in [-0.2, -0.15) is 0 Å². The van der Waals surface area contributed by atoms with E-state index in [-0.39, 0.29) is 18.0 Å². The molecule has 37 heavy (non-hydrogen) atoms. The van der Waals surface area contributed by atoms with Crippen LogP contribution in [0, 0.1) is 13.8 Å². The molecule has 1 fully saturated rings. The van der Waals surface area contributed by atoms with Gasteiger partial charge in [-0.05, 0) is 55.8 Å². The molecule has 1 aliphatic rings. The van der Waals surface area contributed by atoms with Gasteiger partial charge in [0.1, 0.15) is 12.1 Å². The Kier molecular flexibility index (Phi) is 6.15. The Morgan fingerprint density at radius 1 is 0.919 bits per heavy atom. The Balaban J connectivity index is 1.48. The highest BCUT2D eigenvalue weighted by molar-refractivity contribution is 6.39. The number of hydrogen-bond acceptors (Lipinski definition) is 4. The van der Waals surface area contributed by atoms with Crippen molar-refractivity contribution in [2.75, 3.05) is 10.2 Å². The van der Waals surface area contributed by atoms with E-state index in [1.54, 1.807) is 35.0 Å². The molecule has 8 heteroatoms. The summed E-state index contributed by atoms with van der Waals surface area (Å²) in [5, 5.41) is 5.91. The van der Waals surface area contributed by atoms with Gasteiger partial charge in [-0.15, -0.1) is 0 Å². The third kappa shape index (κ3) is 4.77. The maximum atomic E-state index is 13.3. The Bertz CT molecular complexity index is 1600. The van der Waals surface area contributed by atoms with Crippen molar-refractivity contribution in [2.24, 2.45) is 0 Å². The fourth-order valence-corrected chi connectivity index (χ4v) is 4.34. The fourth-order valence-electron chi connectivity index (χ4n) is 4.34. The summed E-state index contributed by atoms with van der Waals surface area (Å²) >= 11 is 0. The third-order valence-electron chi connectivity index (χ3n) is 6.13. The quantitative estimate of drug-likeness (QED) is 0.315. The third-order valence-corrected chi connectivity index (χ3v) is 6.13. The second-order valence-electron chi connectivity index (χ2n) is 8.94. The molecule has 0 spiro atoms. The van der Waals surface area contributed by atoms with Crippen LogP contribution in [0.25, 0.3) is 17.0 Å². The zero-order valence-corrected chi connectivity index (χ0v) is 20.3. The number of aryl methyl sites for hydroxylation is 2. The lowest BCUT2D eigenvalue weighted by molar-refractivity contribution is -0.122. The van der Waals surface area contributed by atoms with Crippen molar-refractivity contribution in [3.63, 3.8) is 0 Å². The summed E-state index contributed by atoms with van der Waals surface area (Å²) in [6.45, 7) is 3.88. The van der Waals surface area contributed by atoms with Gasteiger partial charge in [-0.3, -0.25) is 19.7 Å². The van der Waals surface area contributed by atoms with E-state index in [9.17, 15) is 19.2 Å². The molecule has 0 radical (unpaired) electrons. The van der Waals surface area contributed by atoms with Gasteiger partial charge in [0.25, 0.3) is 11.8 Å². The fraction of sp³-hybridized carbons (Fsp3) is 0.103. The van der Waals surface area contributed by atoms with Crippen molar-refractivity contribution in [3.8, 4) is 0 Å². The molecule has 1 aliphatic heterocycles. The van der Waals surface area contributed by atoms with Gasteiger partial charge in [0, 0.05) is 28.4 Å². The lowest BCUT2D eigenvalue weighted by atomic mass is 10.1. The van der Waals surface area contributed by atoms with E-state index in [2.05, 4.69) is 10.6 Å². The van der Waals surface area contributed by atoms with Crippen molar-refractivity contribution >= 4 is 52.1 Å². The number of urea groups is 1. The van der Waals surface area contributed by atoms with E-state index in [4.69, 9.17) is 0 Å². The largest absolute Gasteiger partial charge is 0.337 e. The molecule has 0 atom stereocenters. The number of barbiturate groups is 1. The molecule has 1 saturated heterocycles. The molecule has 0 saturated carbocycles. The van der Waals surface area contributed by atoms with E-state index in [1.807, 2.05) is 62.4 Å². The Morgan fingerprint density at radius 2 is 1.68 bits per heavy atom. The van der Waals surface area contributed by atoms with Crippen LogP contribution in [-0.2, 0) is 20.9 Å². The van der Waals surface area contributed by atoms with Gasteiger partial charge in [0.05, 0.1) is 5.69 Å². The SMILES string of the molecule is Cc1ccc(N2C(=O)NC(=O)/C(=C\c3cn(CC(=O)Nc4cccc(C)c4)c4ccccc34)C2=O)cc1. The number of aromatic nitrogens is 1. The smallest absolute Gasteiger partial charge is 0.335 e. The molecule has 0 unspecified atom stereocenters. The summed E-state index contributed by atoms with van der Waals surface area (Å²) in [6.07, 6.45) is 3.18. The average Bonchev–Trinajstić information content (AvgIpc) is 3.20. The first-order chi connectivity index (χ1) is 17.8. The molecule has 0 bridgehead atoms. The van der Waals surface area contributed by atoms with Gasteiger partial charge < -0.3 is 9.88 Å². The number of nitrogens with zero attached hydrogens (tertiary/aromatic N) is 2. The van der Waals surface area contributed by atoms with Gasteiger partial charge in [-0.1, -0.05) is 48.0 Å². The number of benzene rings is 3. The van der Waals surface area contributed by atoms with E-state index in [0.717, 1.165) is 26.9 Å². The molecule has 3 aromatic carbocycles. The monoisotopic (exact) mass is 492 g/mol. The van der Waals surface area contributed by atoms with Crippen molar-refractivity contribution in [1.29, 1.82) is 0 Å². The second kappa shape index (κ2) is 9.58. The molecule has 2 heterocycles. The van der Waals surface area contributed by atoms with Crippen LogP contribution in [0.1, 0.15) is 16.7 Å². The van der Waals surface area contributed by atoms with Crippen LogP contribution >= 0.6 is 0 Å². The lowest BCUT2D eigenvalue weighted by Crippen LogP contribution is -2.54. The van der Waals surface area contributed by atoms with Crippen LogP contribution in [0.5, 0.6) is 0 Å². The first kappa shape index (κ1) is 23.7. The molecular formula is C29H24N4O4. The number of nitrogens with one attached hydrogen (secondary N) is 2. The number of carbonyl (C=O) groups is 4. The summed E-state index contributed by atoms with van der Waals surface area (Å²) in [6, 6.07) is 21.0. The van der Waals surface area contributed by atoms with E-state index in [0.29, 0.717) is 16.9 Å². The number of amides is 5. The zero-order valence-electron chi connectivity index (χ0n) is 20.3. The minimum atomic E-state index is -0.800. The summed E-state index contributed by atoms with van der Waals surface area (Å²) in [5.74, 6) is -1.70. The molecule has 5 amide bonds. The number of imide groups is 2. The van der Waals surface area contributed by atoms with Crippen LogP contribution < -0.4 is 15.5 Å². The number of hydrogen-bond donors (Lipinski definition) is 2. The number of para-hydroxylation sites is 1. The highest BCUT2D eigenvalue weighted by atomic mass is 16.2. The Labute approximate surface area is 213 Å². The predicted octanol–water partition coefficient (Wildman–Crippen LogP) is 4.56. The van der Waals surface area contributed by atoms with E-state index in [1.165, 1.54) is 6.08 Å². The summed E-state index contributed by atoms with van der Waals surface area (Å²) < 4.78 is 1.76. The highest BCUT2D eigenvalue weighted by Gasteiger charge is 2.37. The van der Waals surface area contributed by atoms with Crippen LogP contribution in [0.4, 0.5) is 16.2 Å². The lowest BCUT2D eigenvalue weighted by Gasteiger charge is -2.26. The van der Waals surface area contributed by atoms with Crippen molar-refractivity contribution < 1.29 is 19.2 Å². The van der Waals surface area contributed by atoms with E-state index < -0.39 is 17.8 Å². The topological polar surface area (TPSA) is 101 Å². The molecule has 2 N–H and O–H groups in total. The number of rotatable bonds is 5. The van der Waals surface area contributed by atoms with Gasteiger partial charge in [0.15, 0.2) is 0 Å². The minimum Gasteiger partial charge on any atom is -0.337 e. The maximum Gasteiger partial charge on any atom is 0.335 e. The predicted molar refractivity (Wildman–Crippen MR) is 142 cm³/mol. The van der Waals surface area contributed by atoms with Crippen LogP contribution in [0.15, 0.2) is 84.6 Å². The van der Waals surface area contributed by atoms with E-state index >= 15 is 0 Å². The molecule has 4 aromatic rings. The normalized spacial score (nSPS) is 14.8. The maximum absolute atomic E-state index is 13.3. The Hall–Kier alpha value is -4.98. The summed E-state index contributed by atoms with van der Waals surface area (Å²) in [5.41, 5.74) is 4.24. The van der Waals surface area contributed by atoms with Crippen molar-refractivity contribution in [2.45, 2.75) is 20.4 Å². The summed E-state index contributed by atoms with van der Waals surface area (Å²) in [4.78, 5) is 52.2. The standard InChI is InChI=1S/C29H24N4O4/c1-18-10-12-22(13-11-18)33-28(36)24(27(35)31-29(33)37)15-20-16-32(25-9-4-3-8-23(20)25)17-26(34)30-21-7-5-6-19(2)14-21/h3-16H,17H2,1-2H3,(H,30,34)(H,31,35,37)/b24-15+. The molecule has 184 valence electrons. The zero-order chi connectivity index (χ0) is 26.1. The molecule has 5 rings (SSSR count). The molecule has 1 aromatic heterocycles. The van der Waals surface area contributed by atoms with Crippen LogP contribution in [0.3, 0.4) is 0 Å². The highest BCUT2D eigenvalue weighted by Crippen LogP contribution is 2.27. The number of anilines is 2. The molecule has 8 nitrogen and oxygen atoms in total. The van der Waals surface area contributed by atoms with Crippen LogP contribution in [-0.4, -0.2) is 28.3 Å². The summed E-state index contributed by atoms with van der Waals surface area (Å²) in [7, 11) is 0. The first-order valence-electron chi connectivity index (χ1n) is 11.7. The van der Waals surface area contributed by atoms with Gasteiger partial charge in [-0.25, -0.2) is 9.69 Å².